The normalized spacial score (nSPS) is 24.6. The Balaban J connectivity index is 2.25. The van der Waals surface area contributed by atoms with Crippen LogP contribution in [0.15, 0.2) is 24.3 Å². The molecule has 2 aliphatic heterocycles. The number of hydrogen-bond donors (Lipinski definition) is 0. The van der Waals surface area contributed by atoms with Crippen molar-refractivity contribution in [1.82, 2.24) is 4.31 Å². The molecule has 3 rings (SSSR count). The number of fused-ring (bicyclic) bond motifs is 5. The molecule has 0 saturated heterocycles. The van der Waals surface area contributed by atoms with E-state index < -0.39 is 10.0 Å². The van der Waals surface area contributed by atoms with Crippen LogP contribution in [0.1, 0.15) is 23.2 Å². The Kier molecular flexibility index (Phi) is 2.62. The average molecular weight is 281 g/mol. The highest BCUT2D eigenvalue weighted by atomic mass is 32.2. The Morgan fingerprint density at radius 1 is 1.00 bits per heavy atom. The van der Waals surface area contributed by atoms with Crippen molar-refractivity contribution in [2.75, 3.05) is 20.5 Å². The first kappa shape index (κ1) is 12.5. The first-order valence-corrected chi connectivity index (χ1v) is 7.75. The Hall–Kier alpha value is -1.53. The van der Waals surface area contributed by atoms with Crippen LogP contribution < -0.4 is 9.47 Å². The molecular formula is C13H15NO4S. The van der Waals surface area contributed by atoms with Crippen molar-refractivity contribution in [1.29, 1.82) is 0 Å². The van der Waals surface area contributed by atoms with Gasteiger partial charge >= 0.3 is 0 Å². The zero-order valence-corrected chi connectivity index (χ0v) is 11.8. The van der Waals surface area contributed by atoms with Gasteiger partial charge in [0.1, 0.15) is 11.5 Å². The summed E-state index contributed by atoms with van der Waals surface area (Å²) in [4.78, 5) is 0. The van der Waals surface area contributed by atoms with E-state index in [2.05, 4.69) is 0 Å². The van der Waals surface area contributed by atoms with E-state index in [9.17, 15) is 8.42 Å². The molecule has 2 bridgehead atoms. The molecule has 0 aliphatic carbocycles. The zero-order valence-electron chi connectivity index (χ0n) is 11.0. The number of rotatable bonds is 3. The molecule has 0 fully saturated rings. The van der Waals surface area contributed by atoms with Gasteiger partial charge in [-0.15, -0.1) is 0 Å². The molecule has 0 spiro atoms. The molecule has 2 heterocycles. The van der Waals surface area contributed by atoms with Gasteiger partial charge in [0.15, 0.2) is 0 Å². The number of hydrogen-bond acceptors (Lipinski definition) is 4. The van der Waals surface area contributed by atoms with E-state index in [1.165, 1.54) is 10.6 Å². The molecule has 6 heteroatoms. The summed E-state index contributed by atoms with van der Waals surface area (Å²) >= 11 is 0. The average Bonchev–Trinajstić information content (AvgIpc) is 2.94. The van der Waals surface area contributed by atoms with Gasteiger partial charge in [-0.25, -0.2) is 8.42 Å². The lowest BCUT2D eigenvalue weighted by molar-refractivity contribution is 0.371. The minimum absolute atomic E-state index is 0.292. The fraction of sp³-hybridized carbons (Fsp3) is 0.385. The summed E-state index contributed by atoms with van der Waals surface area (Å²) in [6.07, 6.45) is 5.02. The summed E-state index contributed by atoms with van der Waals surface area (Å²) < 4.78 is 36.1. The van der Waals surface area contributed by atoms with Crippen molar-refractivity contribution in [3.63, 3.8) is 0 Å². The van der Waals surface area contributed by atoms with E-state index in [0.717, 1.165) is 11.1 Å². The third-order valence-electron chi connectivity index (χ3n) is 3.65. The van der Waals surface area contributed by atoms with Crippen LogP contribution in [0.3, 0.4) is 0 Å². The Labute approximate surface area is 112 Å². The van der Waals surface area contributed by atoms with E-state index in [1.54, 1.807) is 14.2 Å². The summed E-state index contributed by atoms with van der Waals surface area (Å²) in [6.45, 7) is 0. The van der Waals surface area contributed by atoms with Crippen molar-refractivity contribution in [3.05, 3.63) is 35.4 Å². The Morgan fingerprint density at radius 3 is 1.74 bits per heavy atom. The van der Waals surface area contributed by atoms with Crippen LogP contribution in [-0.4, -0.2) is 33.2 Å². The highest BCUT2D eigenvalue weighted by Crippen LogP contribution is 2.55. The van der Waals surface area contributed by atoms with Crippen LogP contribution >= 0.6 is 0 Å². The molecule has 0 radical (unpaired) electrons. The number of methoxy groups -OCH3 is 2. The highest BCUT2D eigenvalue weighted by molar-refractivity contribution is 7.88. The molecule has 0 unspecified atom stereocenters. The topological polar surface area (TPSA) is 55.8 Å². The molecule has 1 aromatic rings. The third-order valence-corrected chi connectivity index (χ3v) is 4.87. The number of nitrogens with zero attached hydrogens (tertiary/aromatic N) is 1. The van der Waals surface area contributed by atoms with E-state index in [1.807, 2.05) is 24.3 Å². The zero-order chi connectivity index (χ0) is 13.8. The van der Waals surface area contributed by atoms with Crippen LogP contribution in [-0.2, 0) is 10.0 Å². The molecule has 102 valence electrons. The lowest BCUT2D eigenvalue weighted by Gasteiger charge is -2.19. The molecule has 2 aliphatic rings. The lowest BCUT2D eigenvalue weighted by Crippen LogP contribution is -2.27. The third kappa shape index (κ3) is 1.60. The highest BCUT2D eigenvalue weighted by Gasteiger charge is 2.48. The van der Waals surface area contributed by atoms with Crippen molar-refractivity contribution < 1.29 is 17.9 Å². The van der Waals surface area contributed by atoms with Gasteiger partial charge in [0.2, 0.25) is 10.0 Å². The molecule has 19 heavy (non-hydrogen) atoms. The van der Waals surface area contributed by atoms with Crippen molar-refractivity contribution in [3.8, 4) is 11.5 Å². The smallest absolute Gasteiger partial charge is 0.212 e. The maximum atomic E-state index is 12.0. The Morgan fingerprint density at radius 2 is 1.42 bits per heavy atom. The van der Waals surface area contributed by atoms with Gasteiger partial charge in [-0.05, 0) is 12.1 Å². The summed E-state index contributed by atoms with van der Waals surface area (Å²) in [6, 6.07) is 3.04. The molecule has 0 N–H and O–H groups in total. The van der Waals surface area contributed by atoms with Gasteiger partial charge in [-0.2, -0.15) is 4.31 Å². The predicted molar refractivity (Wildman–Crippen MR) is 70.9 cm³/mol. The van der Waals surface area contributed by atoms with Gasteiger partial charge in [0, 0.05) is 11.1 Å². The van der Waals surface area contributed by atoms with Crippen LogP contribution in [0, 0.1) is 0 Å². The minimum atomic E-state index is -3.30. The first-order chi connectivity index (χ1) is 8.99. The summed E-state index contributed by atoms with van der Waals surface area (Å²) in [5.41, 5.74) is 1.78. The van der Waals surface area contributed by atoms with Gasteiger partial charge in [0.25, 0.3) is 0 Å². The van der Waals surface area contributed by atoms with Gasteiger partial charge in [0.05, 0.1) is 32.6 Å². The Bertz CT molecular complexity index is 624. The van der Waals surface area contributed by atoms with Gasteiger partial charge in [-0.3, -0.25) is 0 Å². The van der Waals surface area contributed by atoms with Crippen molar-refractivity contribution in [2.45, 2.75) is 12.1 Å². The largest absolute Gasteiger partial charge is 0.496 e. The van der Waals surface area contributed by atoms with Crippen LogP contribution in [0.4, 0.5) is 0 Å². The van der Waals surface area contributed by atoms with Crippen LogP contribution in [0.5, 0.6) is 11.5 Å². The van der Waals surface area contributed by atoms with Gasteiger partial charge < -0.3 is 9.47 Å². The van der Waals surface area contributed by atoms with E-state index in [-0.39, 0.29) is 12.1 Å². The predicted octanol–water partition coefficient (Wildman–Crippen LogP) is 1.63. The van der Waals surface area contributed by atoms with Crippen LogP contribution in [0.25, 0.3) is 0 Å². The second-order valence-corrected chi connectivity index (χ2v) is 6.55. The second kappa shape index (κ2) is 3.98. The SMILES string of the molecule is COc1ccc(OC)c2c1[C@H]1C=C[C@@H]2N1S(C)(=O)=O. The molecule has 0 amide bonds. The van der Waals surface area contributed by atoms with E-state index in [0.29, 0.717) is 11.5 Å². The van der Waals surface area contributed by atoms with Crippen molar-refractivity contribution >= 4 is 10.0 Å². The molecule has 0 saturated carbocycles. The number of benzene rings is 1. The maximum Gasteiger partial charge on any atom is 0.212 e. The minimum Gasteiger partial charge on any atom is -0.496 e. The lowest BCUT2D eigenvalue weighted by atomic mass is 9.95. The molecule has 1 aromatic carbocycles. The fourth-order valence-corrected chi connectivity index (χ4v) is 4.15. The summed E-state index contributed by atoms with van der Waals surface area (Å²) in [5, 5.41) is 0. The molecular weight excluding hydrogens is 266 g/mol. The number of sulfonamides is 1. The molecule has 5 nitrogen and oxygen atoms in total. The summed E-state index contributed by atoms with van der Waals surface area (Å²) in [5.74, 6) is 1.39. The standard InChI is InChI=1S/C13H15NO4S/c1-17-10-6-7-11(18-2)13-9-5-4-8(12(10)13)14(9)19(3,15)16/h4-9H,1-3H3/t8-,9+. The summed E-state index contributed by atoms with van der Waals surface area (Å²) in [7, 11) is -0.125. The van der Waals surface area contributed by atoms with E-state index >= 15 is 0 Å². The molecule has 0 aromatic heterocycles. The van der Waals surface area contributed by atoms with Crippen LogP contribution in [0.2, 0.25) is 0 Å². The van der Waals surface area contributed by atoms with E-state index in [4.69, 9.17) is 9.47 Å². The second-order valence-electron chi connectivity index (χ2n) is 4.66. The number of ether oxygens (including phenoxy) is 2. The van der Waals surface area contributed by atoms with Crippen molar-refractivity contribution in [2.24, 2.45) is 0 Å². The molecule has 2 atom stereocenters. The van der Waals surface area contributed by atoms with Gasteiger partial charge in [-0.1, -0.05) is 12.2 Å². The monoisotopic (exact) mass is 281 g/mol. The maximum absolute atomic E-state index is 12.0. The quantitative estimate of drug-likeness (QED) is 0.790. The first-order valence-electron chi connectivity index (χ1n) is 5.90. The fourth-order valence-electron chi connectivity index (χ4n) is 2.98.